The van der Waals surface area contributed by atoms with Gasteiger partial charge >= 0.3 is 0 Å². The molecule has 16 N–H and O–H groups in total. The number of ketones is 2. The van der Waals surface area contributed by atoms with Crippen LogP contribution < -0.4 is 55.3 Å². The Labute approximate surface area is 435 Å². The van der Waals surface area contributed by atoms with Crippen LogP contribution in [0.1, 0.15) is 75.3 Å². The normalized spacial score (nSPS) is 21.9. The van der Waals surface area contributed by atoms with Gasteiger partial charge < -0.3 is 65.3 Å². The molecule has 0 radical (unpaired) electrons. The molecule has 0 bridgehead atoms. The van der Waals surface area contributed by atoms with Gasteiger partial charge in [-0.05, 0) is 61.8 Å². The van der Waals surface area contributed by atoms with Crippen LogP contribution in [0.4, 0.5) is 0 Å². The molecule has 74 heavy (non-hydrogen) atoms. The summed E-state index contributed by atoms with van der Waals surface area (Å²) < 4.78 is 0. The van der Waals surface area contributed by atoms with E-state index in [0.717, 1.165) is 10.8 Å². The van der Waals surface area contributed by atoms with Gasteiger partial charge in [-0.3, -0.25) is 57.7 Å². The van der Waals surface area contributed by atoms with Gasteiger partial charge in [-0.25, -0.2) is 0 Å². The number of hydrogen-bond acceptors (Lipinski definition) is 15. The average Bonchev–Trinajstić information content (AvgIpc) is 3.85. The number of hydrogen-bond donors (Lipinski definition) is 11. The van der Waals surface area contributed by atoms with E-state index in [1.54, 1.807) is 42.5 Å². The Kier molecular flexibility index (Phi) is 24.1. The Morgan fingerprint density at radius 3 is 2.09 bits per heavy atom. The fourth-order valence-electron chi connectivity index (χ4n) is 8.27. The SMILES string of the molecule is NC(=O)CC[C@@H]1NC(=O)[C@H](Cc2ccccc2)NC(=O)[C@H](Cc2ccc(O)cc2)CC(=O)CCSSC[C@@H](C(=O)N2CCC[C@H]2C(=O)N[C@@H](CCCN=C(N)N)C(=O)NCC(N)=O)CC(=O)[C@H](CC(N)=O)NC1=O. The van der Waals surface area contributed by atoms with E-state index in [0.29, 0.717) is 17.5 Å². The molecule has 0 aromatic heterocycles. The molecule has 2 saturated heterocycles. The number of primary amides is 3. The number of nitrogens with one attached hydrogen (secondary N) is 5. The van der Waals surface area contributed by atoms with Crippen molar-refractivity contribution in [1.29, 1.82) is 0 Å². The van der Waals surface area contributed by atoms with E-state index in [2.05, 4.69) is 31.6 Å². The lowest BCUT2D eigenvalue weighted by Gasteiger charge is -2.30. The molecule has 0 spiro atoms. The maximum absolute atomic E-state index is 14.6. The number of nitrogens with zero attached hydrogens (tertiary/aromatic N) is 2. The first-order valence-electron chi connectivity index (χ1n) is 24.0. The Morgan fingerprint density at radius 2 is 1.43 bits per heavy atom. The molecule has 0 unspecified atom stereocenters. The topological polar surface area (TPSA) is 414 Å². The van der Waals surface area contributed by atoms with E-state index in [1.807, 2.05) is 0 Å². The quantitative estimate of drug-likeness (QED) is 0.0309. The number of rotatable bonds is 19. The highest BCUT2D eigenvalue weighted by Gasteiger charge is 2.40. The van der Waals surface area contributed by atoms with Gasteiger partial charge in [-0.2, -0.15) is 0 Å². The lowest BCUT2D eigenvalue weighted by molar-refractivity contribution is -0.143. The molecule has 26 heteroatoms. The third kappa shape index (κ3) is 20.4. The number of guanidine groups is 1. The van der Waals surface area contributed by atoms with Gasteiger partial charge in [0.25, 0.3) is 0 Å². The Hall–Kier alpha value is -7.22. The number of carbonyl (C=O) groups excluding carboxylic acids is 11. The Bertz CT molecular complexity index is 2370. The summed E-state index contributed by atoms with van der Waals surface area (Å²) >= 11 is 0. The zero-order chi connectivity index (χ0) is 54.3. The van der Waals surface area contributed by atoms with E-state index >= 15 is 0 Å². The summed E-state index contributed by atoms with van der Waals surface area (Å²) in [5.41, 5.74) is 28.3. The predicted molar refractivity (Wildman–Crippen MR) is 275 cm³/mol. The Balaban J connectivity index is 1.68. The van der Waals surface area contributed by atoms with Crippen LogP contribution in [0.25, 0.3) is 0 Å². The fraction of sp³-hybridized carbons (Fsp3) is 0.500. The molecule has 2 heterocycles. The van der Waals surface area contributed by atoms with Crippen LogP contribution in [-0.4, -0.2) is 142 Å². The van der Waals surface area contributed by atoms with Crippen molar-refractivity contribution in [2.24, 2.45) is 45.5 Å². The molecule has 2 fully saturated rings. The van der Waals surface area contributed by atoms with Gasteiger partial charge in [-0.15, -0.1) is 0 Å². The summed E-state index contributed by atoms with van der Waals surface area (Å²) in [6, 6.07) is 7.78. The third-order valence-corrected chi connectivity index (χ3v) is 14.6. The third-order valence-electron chi connectivity index (χ3n) is 12.1. The van der Waals surface area contributed by atoms with Gasteiger partial charge in [0.05, 0.1) is 24.9 Å². The molecule has 2 aliphatic heterocycles. The second kappa shape index (κ2) is 30.1. The second-order valence-electron chi connectivity index (χ2n) is 18.0. The van der Waals surface area contributed by atoms with Crippen molar-refractivity contribution >= 4 is 92.3 Å². The van der Waals surface area contributed by atoms with Crippen LogP contribution in [0.15, 0.2) is 59.6 Å². The highest BCUT2D eigenvalue weighted by Crippen LogP contribution is 2.30. The minimum Gasteiger partial charge on any atom is -0.508 e. The van der Waals surface area contributed by atoms with Gasteiger partial charge in [-0.1, -0.05) is 64.1 Å². The first-order chi connectivity index (χ1) is 35.2. The zero-order valence-corrected chi connectivity index (χ0v) is 42.4. The molecule has 2 aliphatic rings. The highest BCUT2D eigenvalue weighted by molar-refractivity contribution is 8.76. The van der Waals surface area contributed by atoms with Crippen molar-refractivity contribution in [3.05, 3.63) is 65.7 Å². The van der Waals surface area contributed by atoms with Crippen molar-refractivity contribution < 1.29 is 57.8 Å². The van der Waals surface area contributed by atoms with Crippen molar-refractivity contribution in [1.82, 2.24) is 31.5 Å². The molecule has 4 rings (SSSR count). The largest absolute Gasteiger partial charge is 0.508 e. The van der Waals surface area contributed by atoms with E-state index < -0.39 is 127 Å². The van der Waals surface area contributed by atoms with Gasteiger partial charge in [0, 0.05) is 62.6 Å². The van der Waals surface area contributed by atoms with Gasteiger partial charge in [0.1, 0.15) is 35.7 Å². The minimum absolute atomic E-state index is 0.0169. The average molecular weight is 1070 g/mol. The van der Waals surface area contributed by atoms with E-state index in [1.165, 1.54) is 27.8 Å². The molecular formula is C48H66N12O12S2. The van der Waals surface area contributed by atoms with Crippen LogP contribution in [0, 0.1) is 11.8 Å². The first-order valence-corrected chi connectivity index (χ1v) is 26.5. The molecule has 24 nitrogen and oxygen atoms in total. The van der Waals surface area contributed by atoms with Crippen LogP contribution in [0.5, 0.6) is 5.75 Å². The molecule has 0 saturated carbocycles. The van der Waals surface area contributed by atoms with Crippen molar-refractivity contribution in [3.8, 4) is 5.75 Å². The minimum atomic E-state index is -1.65. The van der Waals surface area contributed by atoms with Crippen molar-refractivity contribution in [2.75, 3.05) is 31.1 Å². The van der Waals surface area contributed by atoms with Crippen LogP contribution in [0.3, 0.4) is 0 Å². The molecule has 402 valence electrons. The lowest BCUT2D eigenvalue weighted by atomic mass is 9.92. The number of likely N-dealkylation sites (tertiary alicyclic amines) is 1. The summed E-state index contributed by atoms with van der Waals surface area (Å²) in [4.78, 5) is 154. The molecule has 9 amide bonds. The van der Waals surface area contributed by atoms with E-state index in [-0.39, 0.29) is 93.5 Å². The second-order valence-corrected chi connectivity index (χ2v) is 20.6. The molecule has 2 aromatic rings. The van der Waals surface area contributed by atoms with Gasteiger partial charge in [0.2, 0.25) is 53.2 Å². The lowest BCUT2D eigenvalue weighted by Crippen LogP contribution is -2.57. The number of carbonyl (C=O) groups is 11. The smallest absolute Gasteiger partial charge is 0.243 e. The van der Waals surface area contributed by atoms with E-state index in [4.69, 9.17) is 28.7 Å². The molecule has 7 atom stereocenters. The monoisotopic (exact) mass is 1070 g/mol. The first kappa shape index (κ1) is 59.3. The number of Topliss-reactive ketones (excluding diaryl/α,β-unsaturated/α-hetero) is 2. The maximum Gasteiger partial charge on any atom is 0.243 e. The number of aliphatic imine (C=N–C) groups is 1. The summed E-state index contributed by atoms with van der Waals surface area (Å²) in [6.45, 7) is -0.330. The zero-order valence-electron chi connectivity index (χ0n) is 40.8. The van der Waals surface area contributed by atoms with Crippen molar-refractivity contribution in [3.63, 3.8) is 0 Å². The summed E-state index contributed by atoms with van der Waals surface area (Å²) in [6.07, 6.45) is -1.65. The van der Waals surface area contributed by atoms with E-state index in [9.17, 15) is 57.8 Å². The van der Waals surface area contributed by atoms with Crippen LogP contribution in [0.2, 0.25) is 0 Å². The predicted octanol–water partition coefficient (Wildman–Crippen LogP) is -2.16. The van der Waals surface area contributed by atoms with Crippen LogP contribution in [-0.2, 0) is 65.6 Å². The molecular weight excluding hydrogens is 1000 g/mol. The number of aromatic hydroxyl groups is 1. The molecule has 2 aromatic carbocycles. The summed E-state index contributed by atoms with van der Waals surface area (Å²) in [5, 5.41) is 22.7. The maximum atomic E-state index is 14.6. The van der Waals surface area contributed by atoms with Gasteiger partial charge in [0.15, 0.2) is 11.7 Å². The number of phenols is 1. The Morgan fingerprint density at radius 1 is 0.770 bits per heavy atom. The molecule has 0 aliphatic carbocycles. The van der Waals surface area contributed by atoms with Crippen LogP contribution >= 0.6 is 21.6 Å². The fourth-order valence-corrected chi connectivity index (χ4v) is 10.6. The number of nitrogens with two attached hydrogens (primary N) is 5. The van der Waals surface area contributed by atoms with Crippen molar-refractivity contribution in [2.45, 2.75) is 107 Å². The summed E-state index contributed by atoms with van der Waals surface area (Å²) in [5.74, 6) is -10.7. The number of benzene rings is 2. The highest BCUT2D eigenvalue weighted by atomic mass is 33.1. The number of phenolic OH excluding ortho intramolecular Hbond substituents is 1. The standard InChI is InChI=1S/C48H66N12O12S2/c49-39(64)15-14-34-44(69)58-35(24-40(50)65)38(63)23-30(47(72)60-18-5-9-37(60)46(71)57-33(8-4-17-54-48(52)53)43(68)55-25-41(51)66)26-74-73-19-16-32(62)22-29(20-28-10-12-31(61)13-11-28)42(67)59-36(45(70)56-34)21-27-6-2-1-3-7-27/h1-3,6-7,10-13,29-30,33-37,61H,4-5,8-9,14-26H2,(H2,49,64)(H2,50,65)(H2,51,66)(H,55,68)(H,56,70)(H,57,71)(H,58,69)(H,59,67)(H4,52,53,54)/t29-,30+,33+,34+,35+,36+,37+/m1/s1. The summed E-state index contributed by atoms with van der Waals surface area (Å²) in [7, 11) is 2.36. The number of amides is 9.